The average molecular weight is 272 g/mol. The van der Waals surface area contributed by atoms with Gasteiger partial charge in [-0.15, -0.1) is 0 Å². The van der Waals surface area contributed by atoms with Crippen molar-refractivity contribution in [2.45, 2.75) is 19.9 Å². The van der Waals surface area contributed by atoms with Gasteiger partial charge in [0.05, 0.1) is 11.3 Å². The fourth-order valence-electron chi connectivity index (χ4n) is 1.72. The summed E-state index contributed by atoms with van der Waals surface area (Å²) in [5.41, 5.74) is 0.693. The van der Waals surface area contributed by atoms with Crippen molar-refractivity contribution in [3.63, 3.8) is 0 Å². The standard InChI is InChI=1S/C14H16N4O2/c1-9(2)17-12-7-13(16-8-15-12)18-11-6-4-3-5-10(11)14(19)20/h3-9H,1-2H3,(H,19,20)(H2,15,16,17,18). The topological polar surface area (TPSA) is 87.1 Å². The highest BCUT2D eigenvalue weighted by atomic mass is 16.4. The number of aromatic nitrogens is 2. The van der Waals surface area contributed by atoms with Gasteiger partial charge in [-0.05, 0) is 26.0 Å². The van der Waals surface area contributed by atoms with Gasteiger partial charge in [-0.2, -0.15) is 0 Å². The van der Waals surface area contributed by atoms with E-state index in [9.17, 15) is 4.79 Å². The lowest BCUT2D eigenvalue weighted by Gasteiger charge is -2.11. The van der Waals surface area contributed by atoms with Crippen LogP contribution in [0, 0.1) is 0 Å². The van der Waals surface area contributed by atoms with Crippen LogP contribution >= 0.6 is 0 Å². The highest BCUT2D eigenvalue weighted by Crippen LogP contribution is 2.20. The number of benzene rings is 1. The Labute approximate surface area is 116 Å². The number of hydrogen-bond acceptors (Lipinski definition) is 5. The summed E-state index contributed by atoms with van der Waals surface area (Å²) in [6.07, 6.45) is 1.43. The predicted octanol–water partition coefficient (Wildman–Crippen LogP) is 2.74. The molecule has 2 aromatic rings. The molecule has 0 aliphatic carbocycles. The molecule has 0 fully saturated rings. The van der Waals surface area contributed by atoms with E-state index in [0.29, 0.717) is 17.3 Å². The summed E-state index contributed by atoms with van der Waals surface area (Å²) < 4.78 is 0. The van der Waals surface area contributed by atoms with E-state index >= 15 is 0 Å². The van der Waals surface area contributed by atoms with Crippen LogP contribution in [0.5, 0.6) is 0 Å². The summed E-state index contributed by atoms with van der Waals surface area (Å²) in [6.45, 7) is 4.02. The predicted molar refractivity (Wildman–Crippen MR) is 77.5 cm³/mol. The molecule has 0 spiro atoms. The molecule has 20 heavy (non-hydrogen) atoms. The van der Waals surface area contributed by atoms with Gasteiger partial charge in [0.1, 0.15) is 18.0 Å². The zero-order chi connectivity index (χ0) is 14.5. The third kappa shape index (κ3) is 3.44. The molecule has 6 nitrogen and oxygen atoms in total. The van der Waals surface area contributed by atoms with E-state index in [0.717, 1.165) is 0 Å². The van der Waals surface area contributed by atoms with Gasteiger partial charge < -0.3 is 15.7 Å². The molecule has 0 saturated heterocycles. The first-order chi connectivity index (χ1) is 9.56. The Morgan fingerprint density at radius 2 is 1.90 bits per heavy atom. The first-order valence-corrected chi connectivity index (χ1v) is 6.24. The Balaban J connectivity index is 2.24. The quantitative estimate of drug-likeness (QED) is 0.775. The summed E-state index contributed by atoms with van der Waals surface area (Å²) in [4.78, 5) is 19.3. The Morgan fingerprint density at radius 3 is 2.60 bits per heavy atom. The fourth-order valence-corrected chi connectivity index (χ4v) is 1.72. The van der Waals surface area contributed by atoms with E-state index in [4.69, 9.17) is 5.11 Å². The number of carboxylic acid groups (broad SMARTS) is 1. The third-order valence-corrected chi connectivity index (χ3v) is 2.52. The van der Waals surface area contributed by atoms with Crippen molar-refractivity contribution >= 4 is 23.3 Å². The van der Waals surface area contributed by atoms with Crippen molar-refractivity contribution in [1.29, 1.82) is 0 Å². The Morgan fingerprint density at radius 1 is 1.20 bits per heavy atom. The number of para-hydroxylation sites is 1. The molecular formula is C14H16N4O2. The van der Waals surface area contributed by atoms with Crippen LogP contribution in [0.25, 0.3) is 0 Å². The van der Waals surface area contributed by atoms with Crippen molar-refractivity contribution in [2.75, 3.05) is 10.6 Å². The highest BCUT2D eigenvalue weighted by Gasteiger charge is 2.09. The van der Waals surface area contributed by atoms with Gasteiger partial charge in [0, 0.05) is 12.1 Å². The van der Waals surface area contributed by atoms with E-state index in [2.05, 4.69) is 20.6 Å². The second-order valence-corrected chi connectivity index (χ2v) is 4.56. The highest BCUT2D eigenvalue weighted by molar-refractivity contribution is 5.95. The molecule has 0 unspecified atom stereocenters. The first-order valence-electron chi connectivity index (χ1n) is 6.24. The lowest BCUT2D eigenvalue weighted by atomic mass is 10.2. The van der Waals surface area contributed by atoms with Crippen LogP contribution in [0.4, 0.5) is 17.3 Å². The molecule has 0 saturated carbocycles. The maximum absolute atomic E-state index is 11.1. The smallest absolute Gasteiger partial charge is 0.337 e. The maximum Gasteiger partial charge on any atom is 0.337 e. The van der Waals surface area contributed by atoms with Crippen molar-refractivity contribution in [2.24, 2.45) is 0 Å². The van der Waals surface area contributed by atoms with Gasteiger partial charge in [0.25, 0.3) is 0 Å². The van der Waals surface area contributed by atoms with Crippen molar-refractivity contribution in [3.8, 4) is 0 Å². The number of aromatic carboxylic acids is 1. The molecular weight excluding hydrogens is 256 g/mol. The van der Waals surface area contributed by atoms with E-state index in [1.54, 1.807) is 30.3 Å². The molecule has 0 bridgehead atoms. The molecule has 0 amide bonds. The van der Waals surface area contributed by atoms with E-state index in [1.165, 1.54) is 6.33 Å². The number of rotatable bonds is 5. The van der Waals surface area contributed by atoms with Crippen molar-refractivity contribution < 1.29 is 9.90 Å². The molecule has 1 aromatic carbocycles. The molecule has 0 atom stereocenters. The molecule has 6 heteroatoms. The van der Waals surface area contributed by atoms with Crippen LogP contribution in [0.1, 0.15) is 24.2 Å². The molecule has 0 radical (unpaired) electrons. The van der Waals surface area contributed by atoms with Crippen LogP contribution in [0.15, 0.2) is 36.7 Å². The van der Waals surface area contributed by atoms with Gasteiger partial charge in [-0.1, -0.05) is 12.1 Å². The van der Waals surface area contributed by atoms with Crippen LogP contribution < -0.4 is 10.6 Å². The number of nitrogens with one attached hydrogen (secondary N) is 2. The SMILES string of the molecule is CC(C)Nc1cc(Nc2ccccc2C(=O)O)ncn1. The Bertz CT molecular complexity index is 614. The monoisotopic (exact) mass is 272 g/mol. The number of nitrogens with zero attached hydrogens (tertiary/aromatic N) is 2. The number of anilines is 3. The first kappa shape index (κ1) is 13.8. The molecule has 2 rings (SSSR count). The number of carbonyl (C=O) groups is 1. The average Bonchev–Trinajstić information content (AvgIpc) is 2.38. The molecule has 104 valence electrons. The molecule has 1 aromatic heterocycles. The summed E-state index contributed by atoms with van der Waals surface area (Å²) in [5.74, 6) is 0.241. The Hall–Kier alpha value is -2.63. The number of carboxylic acids is 1. The van der Waals surface area contributed by atoms with Gasteiger partial charge in [-0.3, -0.25) is 0 Å². The van der Waals surface area contributed by atoms with Crippen LogP contribution in [-0.4, -0.2) is 27.1 Å². The molecule has 1 heterocycles. The fraction of sp³-hybridized carbons (Fsp3) is 0.214. The van der Waals surface area contributed by atoms with Crippen LogP contribution in [-0.2, 0) is 0 Å². The summed E-state index contributed by atoms with van der Waals surface area (Å²) in [6, 6.07) is 8.67. The van der Waals surface area contributed by atoms with Gasteiger partial charge >= 0.3 is 5.97 Å². The van der Waals surface area contributed by atoms with Gasteiger partial charge in [-0.25, -0.2) is 14.8 Å². The van der Waals surface area contributed by atoms with Crippen molar-refractivity contribution in [1.82, 2.24) is 9.97 Å². The summed E-state index contributed by atoms with van der Waals surface area (Å²) >= 11 is 0. The summed E-state index contributed by atoms with van der Waals surface area (Å²) in [7, 11) is 0. The molecule has 0 aliphatic rings. The summed E-state index contributed by atoms with van der Waals surface area (Å²) in [5, 5.41) is 15.3. The second-order valence-electron chi connectivity index (χ2n) is 4.56. The minimum atomic E-state index is -0.984. The Kier molecular flexibility index (Phi) is 4.14. The van der Waals surface area contributed by atoms with E-state index in [1.807, 2.05) is 13.8 Å². The van der Waals surface area contributed by atoms with E-state index < -0.39 is 5.97 Å². The minimum absolute atomic E-state index is 0.199. The van der Waals surface area contributed by atoms with Crippen LogP contribution in [0.2, 0.25) is 0 Å². The van der Waals surface area contributed by atoms with Gasteiger partial charge in [0.2, 0.25) is 0 Å². The van der Waals surface area contributed by atoms with Gasteiger partial charge in [0.15, 0.2) is 0 Å². The lowest BCUT2D eigenvalue weighted by Crippen LogP contribution is -2.11. The lowest BCUT2D eigenvalue weighted by molar-refractivity contribution is 0.0698. The normalized spacial score (nSPS) is 10.3. The molecule has 3 N–H and O–H groups in total. The molecule has 0 aliphatic heterocycles. The van der Waals surface area contributed by atoms with Crippen LogP contribution in [0.3, 0.4) is 0 Å². The second kappa shape index (κ2) is 6.01. The number of hydrogen-bond donors (Lipinski definition) is 3. The maximum atomic E-state index is 11.1. The van der Waals surface area contributed by atoms with E-state index in [-0.39, 0.29) is 11.6 Å². The van der Waals surface area contributed by atoms with Crippen molar-refractivity contribution in [3.05, 3.63) is 42.2 Å². The minimum Gasteiger partial charge on any atom is -0.478 e. The third-order valence-electron chi connectivity index (χ3n) is 2.52. The zero-order valence-electron chi connectivity index (χ0n) is 11.3. The largest absolute Gasteiger partial charge is 0.478 e. The zero-order valence-corrected chi connectivity index (χ0v) is 11.3.